The predicted octanol–water partition coefficient (Wildman–Crippen LogP) is 4.10. The Hall–Kier alpha value is -1.64. The first kappa shape index (κ1) is 15.3. The monoisotopic (exact) mass is 295 g/mol. The molecule has 0 amide bonds. The molecule has 22 heavy (non-hydrogen) atoms. The van der Waals surface area contributed by atoms with Gasteiger partial charge < -0.3 is 10.4 Å². The van der Waals surface area contributed by atoms with Crippen molar-refractivity contribution in [2.75, 3.05) is 0 Å². The van der Waals surface area contributed by atoms with Gasteiger partial charge in [0.15, 0.2) is 0 Å². The topological polar surface area (TPSA) is 32.3 Å². The van der Waals surface area contributed by atoms with Gasteiger partial charge in [-0.3, -0.25) is 0 Å². The van der Waals surface area contributed by atoms with Crippen LogP contribution in [0.25, 0.3) is 0 Å². The molecule has 1 aliphatic heterocycles. The van der Waals surface area contributed by atoms with Gasteiger partial charge in [0.05, 0.1) is 6.10 Å². The summed E-state index contributed by atoms with van der Waals surface area (Å²) < 4.78 is 0. The fraction of sp³-hybridized carbons (Fsp3) is 0.400. The van der Waals surface area contributed by atoms with Crippen molar-refractivity contribution >= 4 is 0 Å². The SMILES string of the molecule is CC(C)C1C(O)CC(c2ccccc2)NC1c1ccccc1. The molecular formula is C20H25NO. The molecule has 116 valence electrons. The maximum absolute atomic E-state index is 10.8. The number of benzene rings is 2. The Balaban J connectivity index is 1.92. The lowest BCUT2D eigenvalue weighted by molar-refractivity contribution is 0.00766. The van der Waals surface area contributed by atoms with Gasteiger partial charge in [-0.25, -0.2) is 0 Å². The van der Waals surface area contributed by atoms with Gasteiger partial charge in [0.2, 0.25) is 0 Å². The fourth-order valence-electron chi connectivity index (χ4n) is 3.74. The molecule has 0 saturated carbocycles. The van der Waals surface area contributed by atoms with Crippen LogP contribution in [-0.4, -0.2) is 11.2 Å². The van der Waals surface area contributed by atoms with Gasteiger partial charge in [-0.05, 0) is 23.5 Å². The number of hydrogen-bond acceptors (Lipinski definition) is 2. The molecule has 0 spiro atoms. The minimum absolute atomic E-state index is 0.190. The minimum Gasteiger partial charge on any atom is -0.393 e. The van der Waals surface area contributed by atoms with E-state index in [9.17, 15) is 5.11 Å². The second-order valence-electron chi connectivity index (χ2n) is 6.64. The quantitative estimate of drug-likeness (QED) is 0.893. The molecule has 4 unspecified atom stereocenters. The molecule has 1 fully saturated rings. The van der Waals surface area contributed by atoms with E-state index in [2.05, 4.69) is 67.7 Å². The number of rotatable bonds is 3. The van der Waals surface area contributed by atoms with Gasteiger partial charge in [-0.15, -0.1) is 0 Å². The standard InChI is InChI=1S/C20H25NO/c1-14(2)19-18(22)13-17(15-9-5-3-6-10-15)21-20(19)16-11-7-4-8-12-16/h3-12,14,17-22H,13H2,1-2H3. The summed E-state index contributed by atoms with van der Waals surface area (Å²) in [6, 6.07) is 21.4. The van der Waals surface area contributed by atoms with Crippen LogP contribution in [0.3, 0.4) is 0 Å². The highest BCUT2D eigenvalue weighted by molar-refractivity contribution is 5.25. The molecule has 2 N–H and O–H groups in total. The summed E-state index contributed by atoms with van der Waals surface area (Å²) in [5.41, 5.74) is 2.52. The van der Waals surface area contributed by atoms with Crippen LogP contribution in [0, 0.1) is 11.8 Å². The molecule has 3 rings (SSSR count). The lowest BCUT2D eigenvalue weighted by Crippen LogP contribution is -2.46. The lowest BCUT2D eigenvalue weighted by atomic mass is 9.74. The van der Waals surface area contributed by atoms with E-state index in [4.69, 9.17) is 0 Å². The van der Waals surface area contributed by atoms with Crippen molar-refractivity contribution in [3.05, 3.63) is 71.8 Å². The summed E-state index contributed by atoms with van der Waals surface area (Å²) in [6.45, 7) is 4.41. The summed E-state index contributed by atoms with van der Waals surface area (Å²) in [4.78, 5) is 0. The Labute approximate surface area is 133 Å². The van der Waals surface area contributed by atoms with Gasteiger partial charge in [0.1, 0.15) is 0 Å². The molecule has 2 nitrogen and oxygen atoms in total. The highest BCUT2D eigenvalue weighted by Gasteiger charge is 2.39. The van der Waals surface area contributed by atoms with Crippen molar-refractivity contribution in [1.82, 2.24) is 5.32 Å². The van der Waals surface area contributed by atoms with Crippen molar-refractivity contribution in [3.8, 4) is 0 Å². The zero-order valence-corrected chi connectivity index (χ0v) is 13.3. The maximum atomic E-state index is 10.8. The van der Waals surface area contributed by atoms with Gasteiger partial charge in [0, 0.05) is 18.0 Å². The van der Waals surface area contributed by atoms with Crippen LogP contribution in [0.1, 0.15) is 43.5 Å². The lowest BCUT2D eigenvalue weighted by Gasteiger charge is -2.43. The van der Waals surface area contributed by atoms with Crippen LogP contribution in [-0.2, 0) is 0 Å². The molecule has 0 aliphatic carbocycles. The first-order valence-electron chi connectivity index (χ1n) is 8.21. The summed E-state index contributed by atoms with van der Waals surface area (Å²) in [5, 5.41) is 14.6. The third-order valence-electron chi connectivity index (χ3n) is 4.82. The Morgan fingerprint density at radius 1 is 0.909 bits per heavy atom. The smallest absolute Gasteiger partial charge is 0.0607 e. The Morgan fingerprint density at radius 2 is 1.45 bits per heavy atom. The zero-order valence-electron chi connectivity index (χ0n) is 13.3. The Bertz CT molecular complexity index is 581. The highest BCUT2D eigenvalue weighted by atomic mass is 16.3. The molecule has 4 atom stereocenters. The third-order valence-corrected chi connectivity index (χ3v) is 4.82. The van der Waals surface area contributed by atoms with Crippen LogP contribution in [0.5, 0.6) is 0 Å². The largest absolute Gasteiger partial charge is 0.393 e. The van der Waals surface area contributed by atoms with Crippen LogP contribution in [0.4, 0.5) is 0 Å². The molecule has 1 saturated heterocycles. The zero-order chi connectivity index (χ0) is 15.5. The molecule has 2 heteroatoms. The van der Waals surface area contributed by atoms with E-state index in [1.807, 2.05) is 12.1 Å². The van der Waals surface area contributed by atoms with E-state index < -0.39 is 0 Å². The van der Waals surface area contributed by atoms with Crippen LogP contribution in [0.2, 0.25) is 0 Å². The Kier molecular flexibility index (Phi) is 4.60. The van der Waals surface area contributed by atoms with E-state index in [0.717, 1.165) is 6.42 Å². The van der Waals surface area contributed by atoms with E-state index in [-0.39, 0.29) is 24.1 Å². The average molecular weight is 295 g/mol. The summed E-state index contributed by atoms with van der Waals surface area (Å²) in [7, 11) is 0. The van der Waals surface area contributed by atoms with Crippen molar-refractivity contribution < 1.29 is 5.11 Å². The molecule has 0 radical (unpaired) electrons. The third kappa shape index (κ3) is 3.08. The molecule has 0 bridgehead atoms. The van der Waals surface area contributed by atoms with Crippen molar-refractivity contribution in [1.29, 1.82) is 0 Å². The van der Waals surface area contributed by atoms with Crippen molar-refractivity contribution in [3.63, 3.8) is 0 Å². The second kappa shape index (κ2) is 6.64. The first-order chi connectivity index (χ1) is 10.7. The minimum atomic E-state index is -0.281. The summed E-state index contributed by atoms with van der Waals surface area (Å²) in [5.74, 6) is 0.673. The van der Waals surface area contributed by atoms with Crippen LogP contribution in [0.15, 0.2) is 60.7 Å². The number of aliphatic hydroxyl groups excluding tert-OH is 1. The molecule has 2 aromatic rings. The van der Waals surface area contributed by atoms with E-state index in [0.29, 0.717) is 5.92 Å². The number of piperidine rings is 1. The van der Waals surface area contributed by atoms with Crippen molar-refractivity contribution in [2.45, 2.75) is 38.5 Å². The molecule has 1 aliphatic rings. The molecule has 2 aromatic carbocycles. The number of hydrogen-bond donors (Lipinski definition) is 2. The van der Waals surface area contributed by atoms with E-state index in [1.54, 1.807) is 0 Å². The second-order valence-corrected chi connectivity index (χ2v) is 6.64. The first-order valence-corrected chi connectivity index (χ1v) is 8.21. The van der Waals surface area contributed by atoms with Crippen LogP contribution >= 0.6 is 0 Å². The maximum Gasteiger partial charge on any atom is 0.0607 e. The number of nitrogens with one attached hydrogen (secondary N) is 1. The van der Waals surface area contributed by atoms with Gasteiger partial charge in [-0.2, -0.15) is 0 Å². The van der Waals surface area contributed by atoms with Crippen molar-refractivity contribution in [2.24, 2.45) is 11.8 Å². The average Bonchev–Trinajstić information content (AvgIpc) is 2.55. The van der Waals surface area contributed by atoms with Gasteiger partial charge >= 0.3 is 0 Å². The van der Waals surface area contributed by atoms with Gasteiger partial charge in [-0.1, -0.05) is 74.5 Å². The normalized spacial score (nSPS) is 28.7. The molecule has 1 heterocycles. The molecule has 0 aromatic heterocycles. The fourth-order valence-corrected chi connectivity index (χ4v) is 3.74. The number of aliphatic hydroxyl groups is 1. The Morgan fingerprint density at radius 3 is 2.00 bits per heavy atom. The van der Waals surface area contributed by atoms with Crippen LogP contribution < -0.4 is 5.32 Å². The van der Waals surface area contributed by atoms with E-state index in [1.165, 1.54) is 11.1 Å². The highest BCUT2D eigenvalue weighted by Crippen LogP contribution is 2.40. The van der Waals surface area contributed by atoms with E-state index >= 15 is 0 Å². The molecular weight excluding hydrogens is 270 g/mol. The predicted molar refractivity (Wildman–Crippen MR) is 90.5 cm³/mol. The van der Waals surface area contributed by atoms with Gasteiger partial charge in [0.25, 0.3) is 0 Å². The summed E-state index contributed by atoms with van der Waals surface area (Å²) >= 11 is 0. The summed E-state index contributed by atoms with van der Waals surface area (Å²) in [6.07, 6.45) is 0.493.